The number of carbonyl (C=O) groups excluding carboxylic acids is 2. The van der Waals surface area contributed by atoms with Gasteiger partial charge < -0.3 is 18.8 Å². The van der Waals surface area contributed by atoms with E-state index in [1.165, 1.54) is 18.4 Å². The number of esters is 1. The van der Waals surface area contributed by atoms with Crippen LogP contribution in [-0.2, 0) is 20.9 Å². The highest BCUT2D eigenvalue weighted by Crippen LogP contribution is 2.35. The maximum absolute atomic E-state index is 12.6. The minimum absolute atomic E-state index is 0.0987. The Morgan fingerprint density at radius 2 is 1.75 bits per heavy atom. The molecule has 0 saturated heterocycles. The monoisotopic (exact) mass is 494 g/mol. The fraction of sp³-hybridized carbons (Fsp3) is 0.318. The zero-order valence-corrected chi connectivity index (χ0v) is 20.3. The van der Waals surface area contributed by atoms with E-state index in [2.05, 4.69) is 4.99 Å². The lowest BCUT2D eigenvalue weighted by atomic mass is 10.3. The van der Waals surface area contributed by atoms with E-state index in [4.69, 9.17) is 25.8 Å². The second kappa shape index (κ2) is 11.4. The molecule has 32 heavy (non-hydrogen) atoms. The number of carbonyl (C=O) groups is 2. The van der Waals surface area contributed by atoms with Crippen LogP contribution in [0.4, 0.5) is 0 Å². The zero-order valence-electron chi connectivity index (χ0n) is 17.9. The Morgan fingerprint density at radius 1 is 1.06 bits per heavy atom. The molecule has 3 aromatic rings. The Kier molecular flexibility index (Phi) is 8.60. The van der Waals surface area contributed by atoms with Crippen molar-refractivity contribution in [3.8, 4) is 11.5 Å². The number of nitrogens with zero attached hydrogens (tertiary/aromatic N) is 2. The van der Waals surface area contributed by atoms with Crippen LogP contribution >= 0.6 is 34.7 Å². The Hall–Kier alpha value is -2.49. The third-order valence-electron chi connectivity index (χ3n) is 4.54. The summed E-state index contributed by atoms with van der Waals surface area (Å²) in [5.74, 6) is 1.22. The normalized spacial score (nSPS) is 11.6. The number of aromatic nitrogens is 1. The van der Waals surface area contributed by atoms with E-state index in [0.29, 0.717) is 39.7 Å². The molecule has 0 aliphatic carbocycles. The van der Waals surface area contributed by atoms with Crippen molar-refractivity contribution in [3.05, 3.63) is 46.2 Å². The van der Waals surface area contributed by atoms with Gasteiger partial charge in [-0.15, -0.1) is 11.8 Å². The summed E-state index contributed by atoms with van der Waals surface area (Å²) in [6.07, 6.45) is 0.964. The van der Waals surface area contributed by atoms with Crippen LogP contribution in [0.25, 0.3) is 10.2 Å². The number of hydrogen-bond acceptors (Lipinski definition) is 7. The van der Waals surface area contributed by atoms with E-state index < -0.39 is 5.97 Å². The molecule has 1 aromatic heterocycles. The van der Waals surface area contributed by atoms with Crippen molar-refractivity contribution in [1.29, 1.82) is 0 Å². The number of thiazole rings is 1. The van der Waals surface area contributed by atoms with Crippen molar-refractivity contribution in [2.45, 2.75) is 24.3 Å². The summed E-state index contributed by atoms with van der Waals surface area (Å²) < 4.78 is 18.1. The summed E-state index contributed by atoms with van der Waals surface area (Å²) in [7, 11) is 4.42. The number of thioether (sulfide) groups is 1. The highest BCUT2D eigenvalue weighted by molar-refractivity contribution is 7.99. The molecule has 1 heterocycles. The molecule has 2 aromatic carbocycles. The summed E-state index contributed by atoms with van der Waals surface area (Å²) in [6, 6.07) is 11.1. The van der Waals surface area contributed by atoms with Crippen LogP contribution in [0, 0.1) is 0 Å². The van der Waals surface area contributed by atoms with Gasteiger partial charge in [-0.2, -0.15) is 4.99 Å². The minimum Gasteiger partial charge on any atom is -0.495 e. The Balaban J connectivity index is 1.83. The predicted octanol–water partition coefficient (Wildman–Crippen LogP) is 4.55. The van der Waals surface area contributed by atoms with Gasteiger partial charge in [-0.3, -0.25) is 9.59 Å². The molecule has 0 unspecified atom stereocenters. The number of fused-ring (bicyclic) bond motifs is 1. The van der Waals surface area contributed by atoms with Crippen LogP contribution in [0.1, 0.15) is 12.8 Å². The molecule has 0 fully saturated rings. The van der Waals surface area contributed by atoms with Crippen LogP contribution < -0.4 is 14.3 Å². The number of methoxy groups -OCH3 is 3. The molecule has 3 rings (SSSR count). The molecule has 0 saturated carbocycles. The summed E-state index contributed by atoms with van der Waals surface area (Å²) in [5.41, 5.74) is 0.632. The van der Waals surface area contributed by atoms with Crippen molar-refractivity contribution in [2.24, 2.45) is 4.99 Å². The van der Waals surface area contributed by atoms with Crippen molar-refractivity contribution in [1.82, 2.24) is 4.57 Å². The maximum atomic E-state index is 12.6. The lowest BCUT2D eigenvalue weighted by Gasteiger charge is -2.09. The van der Waals surface area contributed by atoms with Crippen LogP contribution in [0.3, 0.4) is 0 Å². The molecule has 0 aliphatic rings. The average Bonchev–Trinajstić information content (AvgIpc) is 3.14. The minimum atomic E-state index is -0.456. The van der Waals surface area contributed by atoms with E-state index in [-0.39, 0.29) is 12.5 Å². The van der Waals surface area contributed by atoms with Crippen LogP contribution in [0.5, 0.6) is 11.5 Å². The number of ether oxygens (including phenoxy) is 3. The highest BCUT2D eigenvalue weighted by atomic mass is 35.5. The van der Waals surface area contributed by atoms with Crippen LogP contribution in [0.2, 0.25) is 5.02 Å². The van der Waals surface area contributed by atoms with E-state index in [1.54, 1.807) is 42.7 Å². The van der Waals surface area contributed by atoms with Crippen molar-refractivity contribution < 1.29 is 23.8 Å². The number of halogens is 1. The molecular formula is C22H23ClN2O5S2. The van der Waals surface area contributed by atoms with E-state index in [9.17, 15) is 9.59 Å². The van der Waals surface area contributed by atoms with Gasteiger partial charge in [0.15, 0.2) is 4.80 Å². The second-order valence-corrected chi connectivity index (χ2v) is 9.19. The summed E-state index contributed by atoms with van der Waals surface area (Å²) in [4.78, 5) is 30.4. The number of rotatable bonds is 9. The first-order chi connectivity index (χ1) is 15.5. The lowest BCUT2D eigenvalue weighted by molar-refractivity contribution is -0.141. The van der Waals surface area contributed by atoms with Gasteiger partial charge in [-0.05, 0) is 48.6 Å². The van der Waals surface area contributed by atoms with E-state index in [0.717, 1.165) is 15.3 Å². The van der Waals surface area contributed by atoms with Crippen molar-refractivity contribution in [2.75, 3.05) is 27.1 Å². The molecule has 0 spiro atoms. The largest absolute Gasteiger partial charge is 0.495 e. The number of amides is 1. The van der Waals surface area contributed by atoms with Crippen LogP contribution in [0.15, 0.2) is 46.3 Å². The Bertz CT molecular complexity index is 1170. The topological polar surface area (TPSA) is 79.1 Å². The summed E-state index contributed by atoms with van der Waals surface area (Å²) in [6.45, 7) is -0.0987. The molecule has 0 bridgehead atoms. The first-order valence-corrected chi connectivity index (χ1v) is 11.9. The first kappa shape index (κ1) is 24.2. The van der Waals surface area contributed by atoms with E-state index >= 15 is 0 Å². The van der Waals surface area contributed by atoms with Gasteiger partial charge >= 0.3 is 5.97 Å². The van der Waals surface area contributed by atoms with E-state index in [1.807, 2.05) is 24.3 Å². The number of hydrogen-bond donors (Lipinski definition) is 0. The third-order valence-corrected chi connectivity index (χ3v) is 6.99. The van der Waals surface area contributed by atoms with Gasteiger partial charge in [-0.1, -0.05) is 22.9 Å². The molecule has 1 amide bonds. The van der Waals surface area contributed by atoms with Crippen LogP contribution in [-0.4, -0.2) is 43.5 Å². The maximum Gasteiger partial charge on any atom is 0.325 e. The smallest absolute Gasteiger partial charge is 0.325 e. The fourth-order valence-electron chi connectivity index (χ4n) is 2.99. The van der Waals surface area contributed by atoms with Crippen molar-refractivity contribution in [3.63, 3.8) is 0 Å². The molecule has 0 atom stereocenters. The highest BCUT2D eigenvalue weighted by Gasteiger charge is 2.18. The standard InChI is InChI=1S/C22H23ClN2O5S2/c1-28-16-10-11-17(29-2)21-20(16)25(13-19(27)30-3)22(32-21)24-18(26)5-4-12-31-15-8-6-14(23)7-9-15/h6-11H,4-5,12-13H2,1-3H3. The molecule has 170 valence electrons. The van der Waals surface area contributed by atoms with Gasteiger partial charge in [0.2, 0.25) is 5.91 Å². The van der Waals surface area contributed by atoms with Gasteiger partial charge in [-0.25, -0.2) is 0 Å². The molecule has 0 radical (unpaired) electrons. The fourth-order valence-corrected chi connectivity index (χ4v) is 5.12. The Labute approximate surface area is 199 Å². The van der Waals surface area contributed by atoms with Gasteiger partial charge in [0, 0.05) is 16.3 Å². The molecule has 0 N–H and O–H groups in total. The first-order valence-electron chi connectivity index (χ1n) is 9.74. The molecule has 7 nitrogen and oxygen atoms in total. The van der Waals surface area contributed by atoms with Gasteiger partial charge in [0.05, 0.1) is 21.3 Å². The second-order valence-electron chi connectivity index (χ2n) is 6.61. The zero-order chi connectivity index (χ0) is 23.1. The van der Waals surface area contributed by atoms with Gasteiger partial charge in [0.1, 0.15) is 28.3 Å². The van der Waals surface area contributed by atoms with Gasteiger partial charge in [0.25, 0.3) is 0 Å². The SMILES string of the molecule is COC(=O)Cn1c(=NC(=O)CCCSc2ccc(Cl)cc2)sc2c(OC)ccc(OC)c21. The Morgan fingerprint density at radius 3 is 2.41 bits per heavy atom. The van der Waals surface area contributed by atoms with Crippen molar-refractivity contribution >= 4 is 56.8 Å². The molecule has 0 aliphatic heterocycles. The quantitative estimate of drug-likeness (QED) is 0.247. The number of benzene rings is 2. The lowest BCUT2D eigenvalue weighted by Crippen LogP contribution is -2.22. The average molecular weight is 495 g/mol. The predicted molar refractivity (Wildman–Crippen MR) is 127 cm³/mol. The third kappa shape index (κ3) is 5.85. The summed E-state index contributed by atoms with van der Waals surface area (Å²) in [5, 5.41) is 0.695. The molecule has 10 heteroatoms. The molecular weight excluding hydrogens is 472 g/mol. The summed E-state index contributed by atoms with van der Waals surface area (Å²) >= 11 is 8.82.